The molecule has 0 N–H and O–H groups in total. The summed E-state index contributed by atoms with van der Waals surface area (Å²) in [5.74, 6) is 2.64. The Kier molecular flexibility index (Phi) is 7.79. The van der Waals surface area contributed by atoms with Gasteiger partial charge in [0.15, 0.2) is 23.3 Å². The molecule has 0 unspecified atom stereocenters. The van der Waals surface area contributed by atoms with Crippen LogP contribution >= 0.6 is 22.7 Å². The van der Waals surface area contributed by atoms with Crippen molar-refractivity contribution in [3.8, 4) is 67.9 Å². The van der Waals surface area contributed by atoms with Gasteiger partial charge in [-0.15, -0.1) is 22.7 Å². The highest BCUT2D eigenvalue weighted by Gasteiger charge is 2.20. The fraction of sp³-hybridized carbons (Fsp3) is 0. The van der Waals surface area contributed by atoms with Gasteiger partial charge in [0.05, 0.1) is 15.9 Å². The van der Waals surface area contributed by atoms with E-state index in [0.717, 1.165) is 76.0 Å². The van der Waals surface area contributed by atoms with Crippen LogP contribution in [0.15, 0.2) is 176 Å². The third kappa shape index (κ3) is 5.64. The summed E-state index contributed by atoms with van der Waals surface area (Å²) in [5.41, 5.74) is 9.17. The molecule has 7 aromatic carbocycles. The number of rotatable bonds is 6. The van der Waals surface area contributed by atoms with E-state index in [2.05, 4.69) is 115 Å². The normalized spacial score (nSPS) is 11.6. The summed E-state index contributed by atoms with van der Waals surface area (Å²) in [4.78, 5) is 25.7. The molecule has 0 atom stereocenters. The standard InChI is InChI=1S/C49H29N5S2/c1-4-14-30(15-5-1)33-20-12-21-34(28-33)42-45-43(37-22-10-11-25-40(37)56-45)51-49(50-42)38-24-13-23-36-39-29-35(26-27-41(39)55-44(36)38)48-53-46(31-16-6-2-7-17-31)52-47(54-48)32-18-8-3-9-19-32/h1-29H. The maximum atomic E-state index is 5.41. The molecule has 11 rings (SSSR count). The van der Waals surface area contributed by atoms with Gasteiger partial charge in [0.1, 0.15) is 0 Å². The number of hydrogen-bond acceptors (Lipinski definition) is 7. The molecule has 0 saturated carbocycles. The molecule has 0 fully saturated rings. The van der Waals surface area contributed by atoms with Gasteiger partial charge in [-0.1, -0.05) is 140 Å². The molecule has 0 aliphatic heterocycles. The van der Waals surface area contributed by atoms with Crippen molar-refractivity contribution in [3.63, 3.8) is 0 Å². The minimum Gasteiger partial charge on any atom is -0.226 e. The lowest BCUT2D eigenvalue weighted by Crippen LogP contribution is -2.00. The summed E-state index contributed by atoms with van der Waals surface area (Å²) >= 11 is 3.52. The summed E-state index contributed by atoms with van der Waals surface area (Å²) in [5, 5.41) is 3.44. The molecular formula is C49H29N5S2. The third-order valence-electron chi connectivity index (χ3n) is 10.2. The molecule has 0 radical (unpaired) electrons. The Morgan fingerprint density at radius 3 is 1.59 bits per heavy atom. The van der Waals surface area contributed by atoms with Crippen molar-refractivity contribution in [2.45, 2.75) is 0 Å². The maximum absolute atomic E-state index is 5.41. The minimum atomic E-state index is 0.635. The van der Waals surface area contributed by atoms with E-state index in [-0.39, 0.29) is 0 Å². The highest BCUT2D eigenvalue weighted by Crippen LogP contribution is 2.44. The molecule has 4 heterocycles. The molecule has 0 bridgehead atoms. The Morgan fingerprint density at radius 1 is 0.304 bits per heavy atom. The zero-order chi connectivity index (χ0) is 37.0. The highest BCUT2D eigenvalue weighted by atomic mass is 32.1. The Labute approximate surface area is 330 Å². The van der Waals surface area contributed by atoms with E-state index in [1.807, 2.05) is 60.7 Å². The lowest BCUT2D eigenvalue weighted by atomic mass is 10.0. The SMILES string of the molecule is c1ccc(-c2cccc(-c3nc(-c4cccc5c4sc4ccc(-c6nc(-c7ccccc7)nc(-c7ccccc7)n6)cc45)nc4c3sc3ccccc34)c2)cc1. The summed E-state index contributed by atoms with van der Waals surface area (Å²) in [6.07, 6.45) is 0. The van der Waals surface area contributed by atoms with Crippen LogP contribution in [0.3, 0.4) is 0 Å². The molecule has 0 amide bonds. The van der Waals surface area contributed by atoms with Crippen LogP contribution in [0.4, 0.5) is 0 Å². The van der Waals surface area contributed by atoms with E-state index >= 15 is 0 Å². The smallest absolute Gasteiger partial charge is 0.164 e. The van der Waals surface area contributed by atoms with Gasteiger partial charge < -0.3 is 0 Å². The first-order valence-electron chi connectivity index (χ1n) is 18.4. The number of thiophene rings is 2. The summed E-state index contributed by atoms with van der Waals surface area (Å²) in [7, 11) is 0. The van der Waals surface area contributed by atoms with E-state index in [9.17, 15) is 0 Å². The number of fused-ring (bicyclic) bond motifs is 6. The van der Waals surface area contributed by atoms with Crippen molar-refractivity contribution in [1.29, 1.82) is 0 Å². The van der Waals surface area contributed by atoms with Gasteiger partial charge in [0.2, 0.25) is 0 Å². The monoisotopic (exact) mass is 751 g/mol. The van der Waals surface area contributed by atoms with E-state index < -0.39 is 0 Å². The minimum absolute atomic E-state index is 0.635. The molecular weight excluding hydrogens is 723 g/mol. The Morgan fingerprint density at radius 2 is 0.857 bits per heavy atom. The van der Waals surface area contributed by atoms with Crippen molar-refractivity contribution in [3.05, 3.63) is 176 Å². The zero-order valence-corrected chi connectivity index (χ0v) is 31.4. The number of benzene rings is 7. The second-order valence-electron chi connectivity index (χ2n) is 13.7. The van der Waals surface area contributed by atoms with Gasteiger partial charge >= 0.3 is 0 Å². The van der Waals surface area contributed by atoms with Gasteiger partial charge in [-0.2, -0.15) is 0 Å². The first kappa shape index (κ1) is 32.5. The fourth-order valence-corrected chi connectivity index (χ4v) is 9.78. The third-order valence-corrected chi connectivity index (χ3v) is 12.5. The van der Waals surface area contributed by atoms with Crippen molar-refractivity contribution in [2.75, 3.05) is 0 Å². The van der Waals surface area contributed by atoms with Crippen LogP contribution in [-0.4, -0.2) is 24.9 Å². The second-order valence-corrected chi connectivity index (χ2v) is 15.8. The van der Waals surface area contributed by atoms with Gasteiger partial charge in [-0.3, -0.25) is 0 Å². The summed E-state index contributed by atoms with van der Waals surface area (Å²) in [6.45, 7) is 0. The molecule has 0 saturated heterocycles. The average Bonchev–Trinajstić information content (AvgIpc) is 3.85. The van der Waals surface area contributed by atoms with Crippen LogP contribution in [0.25, 0.3) is 108 Å². The fourth-order valence-electron chi connectivity index (χ4n) is 7.44. The van der Waals surface area contributed by atoms with E-state index in [1.54, 1.807) is 22.7 Å². The van der Waals surface area contributed by atoms with Crippen molar-refractivity contribution in [1.82, 2.24) is 24.9 Å². The highest BCUT2D eigenvalue weighted by molar-refractivity contribution is 7.26. The maximum Gasteiger partial charge on any atom is 0.164 e. The lowest BCUT2D eigenvalue weighted by Gasteiger charge is -2.10. The van der Waals surface area contributed by atoms with Crippen LogP contribution in [-0.2, 0) is 0 Å². The van der Waals surface area contributed by atoms with E-state index in [4.69, 9.17) is 24.9 Å². The Balaban J connectivity index is 1.08. The molecule has 262 valence electrons. The van der Waals surface area contributed by atoms with E-state index in [0.29, 0.717) is 17.5 Å². The summed E-state index contributed by atoms with van der Waals surface area (Å²) in [6, 6.07) is 60.9. The zero-order valence-electron chi connectivity index (χ0n) is 29.8. The predicted octanol–water partition coefficient (Wildman–Crippen LogP) is 13.4. The second kappa shape index (κ2) is 13.4. The first-order chi connectivity index (χ1) is 27.7. The van der Waals surface area contributed by atoms with Gasteiger partial charge in [-0.05, 0) is 47.5 Å². The van der Waals surface area contributed by atoms with Gasteiger partial charge in [-0.25, -0.2) is 24.9 Å². The lowest BCUT2D eigenvalue weighted by molar-refractivity contribution is 1.07. The predicted molar refractivity (Wildman–Crippen MR) is 234 cm³/mol. The van der Waals surface area contributed by atoms with Crippen molar-refractivity contribution in [2.24, 2.45) is 0 Å². The van der Waals surface area contributed by atoms with Crippen molar-refractivity contribution < 1.29 is 0 Å². The van der Waals surface area contributed by atoms with Crippen LogP contribution in [0.1, 0.15) is 0 Å². The molecule has 0 aliphatic rings. The van der Waals surface area contributed by atoms with Crippen LogP contribution in [0, 0.1) is 0 Å². The largest absolute Gasteiger partial charge is 0.226 e. The van der Waals surface area contributed by atoms with E-state index in [1.165, 1.54) is 15.0 Å². The topological polar surface area (TPSA) is 64.5 Å². The summed E-state index contributed by atoms with van der Waals surface area (Å²) < 4.78 is 4.62. The van der Waals surface area contributed by atoms with Gasteiger partial charge in [0.25, 0.3) is 0 Å². The Bertz CT molecular complexity index is 3190. The van der Waals surface area contributed by atoms with Crippen LogP contribution in [0.5, 0.6) is 0 Å². The molecule has 56 heavy (non-hydrogen) atoms. The number of hydrogen-bond donors (Lipinski definition) is 0. The average molecular weight is 752 g/mol. The molecule has 0 spiro atoms. The molecule has 11 aromatic rings. The molecule has 5 nitrogen and oxygen atoms in total. The number of nitrogens with zero attached hydrogens (tertiary/aromatic N) is 5. The molecule has 7 heteroatoms. The van der Waals surface area contributed by atoms with Crippen LogP contribution < -0.4 is 0 Å². The molecule has 0 aliphatic carbocycles. The quantitative estimate of drug-likeness (QED) is 0.169. The van der Waals surface area contributed by atoms with Gasteiger partial charge in [0, 0.05) is 58.1 Å². The first-order valence-corrected chi connectivity index (χ1v) is 20.0. The van der Waals surface area contributed by atoms with Crippen molar-refractivity contribution >= 4 is 63.1 Å². The Hall–Kier alpha value is -6.93. The van der Waals surface area contributed by atoms with Crippen LogP contribution in [0.2, 0.25) is 0 Å². The number of aromatic nitrogens is 5. The molecule has 4 aromatic heterocycles.